The van der Waals surface area contributed by atoms with E-state index in [9.17, 15) is 28.3 Å². The van der Waals surface area contributed by atoms with E-state index in [0.29, 0.717) is 18.7 Å². The Hall–Kier alpha value is -3.23. The number of nitrogens with zero attached hydrogens (tertiary/aromatic N) is 2. The maximum atomic E-state index is 14.0. The number of hydrogen-bond donors (Lipinski definition) is 2. The molecule has 0 aliphatic carbocycles. The summed E-state index contributed by atoms with van der Waals surface area (Å²) in [5.74, 6) is -3.71. The van der Waals surface area contributed by atoms with Gasteiger partial charge in [0.2, 0.25) is 5.43 Å². The van der Waals surface area contributed by atoms with Gasteiger partial charge in [-0.05, 0) is 43.9 Å². The van der Waals surface area contributed by atoms with Crippen molar-refractivity contribution in [1.29, 1.82) is 0 Å². The van der Waals surface area contributed by atoms with Gasteiger partial charge in [0, 0.05) is 31.4 Å². The van der Waals surface area contributed by atoms with Crippen LogP contribution in [0.15, 0.2) is 23.1 Å². The van der Waals surface area contributed by atoms with Gasteiger partial charge >= 0.3 is 0 Å². The van der Waals surface area contributed by atoms with Gasteiger partial charge in [0.05, 0.1) is 6.04 Å². The lowest BCUT2D eigenvalue weighted by Crippen LogP contribution is -2.44. The van der Waals surface area contributed by atoms with Crippen LogP contribution in [0.2, 0.25) is 0 Å². The van der Waals surface area contributed by atoms with Crippen LogP contribution in [-0.4, -0.2) is 39.5 Å². The van der Waals surface area contributed by atoms with E-state index in [1.54, 1.807) is 11.8 Å². The Morgan fingerprint density at radius 2 is 1.93 bits per heavy atom. The maximum absolute atomic E-state index is 14.0. The van der Waals surface area contributed by atoms with Crippen LogP contribution in [0.4, 0.5) is 8.78 Å². The molecule has 0 saturated carbocycles. The molecule has 1 fully saturated rings. The molecular weight excluding hydrogens is 396 g/mol. The molecule has 0 unspecified atom stereocenters. The average Bonchev–Trinajstić information content (AvgIpc) is 2.91. The molecule has 0 radical (unpaired) electrons. The van der Waals surface area contributed by atoms with Gasteiger partial charge in [-0.15, -0.1) is 0 Å². The average molecular weight is 417 g/mol. The van der Waals surface area contributed by atoms with E-state index in [2.05, 4.69) is 5.32 Å². The zero-order valence-corrected chi connectivity index (χ0v) is 16.4. The molecule has 2 amide bonds. The molecule has 30 heavy (non-hydrogen) atoms. The number of hydrogen-bond acceptors (Lipinski definition) is 4. The highest BCUT2D eigenvalue weighted by molar-refractivity contribution is 5.99. The molecule has 4 rings (SSSR count). The van der Waals surface area contributed by atoms with E-state index >= 15 is 0 Å². The third-order valence-electron chi connectivity index (χ3n) is 5.70. The summed E-state index contributed by atoms with van der Waals surface area (Å²) in [7, 11) is 0. The van der Waals surface area contributed by atoms with Crippen LogP contribution in [-0.2, 0) is 6.54 Å². The fourth-order valence-corrected chi connectivity index (χ4v) is 4.12. The minimum absolute atomic E-state index is 0.120. The quantitative estimate of drug-likeness (QED) is 0.802. The first kappa shape index (κ1) is 20.1. The Bertz CT molecular complexity index is 1090. The van der Waals surface area contributed by atoms with Crippen molar-refractivity contribution in [3.8, 4) is 5.75 Å². The molecule has 0 spiro atoms. The minimum atomic E-state index is -0.989. The predicted molar refractivity (Wildman–Crippen MR) is 103 cm³/mol. The largest absolute Gasteiger partial charge is 0.503 e. The number of amides is 2. The van der Waals surface area contributed by atoms with Crippen molar-refractivity contribution in [2.75, 3.05) is 13.1 Å². The van der Waals surface area contributed by atoms with E-state index in [4.69, 9.17) is 0 Å². The summed E-state index contributed by atoms with van der Waals surface area (Å²) in [4.78, 5) is 39.5. The van der Waals surface area contributed by atoms with Crippen molar-refractivity contribution in [3.63, 3.8) is 0 Å². The number of aryl methyl sites for hydroxylation is 1. The normalized spacial score (nSPS) is 18.0. The summed E-state index contributed by atoms with van der Waals surface area (Å²) in [5.41, 5.74) is -1.41. The zero-order valence-electron chi connectivity index (χ0n) is 16.4. The van der Waals surface area contributed by atoms with Crippen LogP contribution < -0.4 is 10.7 Å². The SMILES string of the molecule is Cc1cc(F)c(CNC(=O)c2cn3c(c(O)c2=O)C(=O)N2CCCC[C@H]3C2)c(F)c1. The molecule has 1 aromatic carbocycles. The highest BCUT2D eigenvalue weighted by Gasteiger charge is 2.36. The molecule has 9 heteroatoms. The highest BCUT2D eigenvalue weighted by atomic mass is 19.1. The van der Waals surface area contributed by atoms with Crippen LogP contribution in [0.5, 0.6) is 5.75 Å². The molecule has 158 valence electrons. The number of fused-ring (bicyclic) bond motifs is 4. The second kappa shape index (κ2) is 7.55. The molecular formula is C21H21F2N3O4. The number of carbonyl (C=O) groups is 2. The fourth-order valence-electron chi connectivity index (χ4n) is 4.12. The van der Waals surface area contributed by atoms with Gasteiger partial charge in [-0.1, -0.05) is 0 Å². The van der Waals surface area contributed by atoms with Gasteiger partial charge in [-0.3, -0.25) is 14.4 Å². The number of aromatic nitrogens is 1. The molecule has 2 bridgehead atoms. The topological polar surface area (TPSA) is 91.6 Å². The number of nitrogens with one attached hydrogen (secondary N) is 1. The third-order valence-corrected chi connectivity index (χ3v) is 5.70. The van der Waals surface area contributed by atoms with Gasteiger partial charge in [0.15, 0.2) is 11.4 Å². The van der Waals surface area contributed by atoms with Crippen LogP contribution in [0.1, 0.15) is 57.3 Å². The monoisotopic (exact) mass is 417 g/mol. The van der Waals surface area contributed by atoms with E-state index < -0.39 is 41.2 Å². The number of pyridine rings is 1. The van der Waals surface area contributed by atoms with Crippen molar-refractivity contribution in [2.45, 2.75) is 38.8 Å². The Morgan fingerprint density at radius 3 is 2.63 bits per heavy atom. The minimum Gasteiger partial charge on any atom is -0.503 e. The van der Waals surface area contributed by atoms with E-state index in [0.717, 1.165) is 31.4 Å². The summed E-state index contributed by atoms with van der Waals surface area (Å²) >= 11 is 0. The van der Waals surface area contributed by atoms with Crippen molar-refractivity contribution < 1.29 is 23.5 Å². The van der Waals surface area contributed by atoms with Gasteiger partial charge in [0.1, 0.15) is 17.2 Å². The number of rotatable bonds is 3. The Morgan fingerprint density at radius 1 is 1.23 bits per heavy atom. The first-order valence-corrected chi connectivity index (χ1v) is 9.78. The maximum Gasteiger partial charge on any atom is 0.274 e. The molecule has 3 heterocycles. The van der Waals surface area contributed by atoms with Gasteiger partial charge in [-0.2, -0.15) is 0 Å². The lowest BCUT2D eigenvalue weighted by molar-refractivity contribution is 0.0677. The summed E-state index contributed by atoms with van der Waals surface area (Å²) in [5, 5.41) is 12.7. The molecule has 2 aromatic rings. The first-order valence-electron chi connectivity index (χ1n) is 9.78. The second-order valence-electron chi connectivity index (χ2n) is 7.77. The molecule has 7 nitrogen and oxygen atoms in total. The van der Waals surface area contributed by atoms with Crippen molar-refractivity contribution in [1.82, 2.24) is 14.8 Å². The summed E-state index contributed by atoms with van der Waals surface area (Å²) in [6, 6.07) is 2.13. The van der Waals surface area contributed by atoms with E-state index in [1.807, 2.05) is 0 Å². The van der Waals surface area contributed by atoms with Crippen LogP contribution in [0.25, 0.3) is 0 Å². The van der Waals surface area contributed by atoms with Crippen molar-refractivity contribution in [2.24, 2.45) is 0 Å². The van der Waals surface area contributed by atoms with Gasteiger partial charge in [-0.25, -0.2) is 8.78 Å². The zero-order chi connectivity index (χ0) is 21.6. The van der Waals surface area contributed by atoms with Crippen LogP contribution in [0, 0.1) is 18.6 Å². The third kappa shape index (κ3) is 3.34. The van der Waals surface area contributed by atoms with Gasteiger partial charge in [0.25, 0.3) is 11.8 Å². The van der Waals surface area contributed by atoms with Crippen LogP contribution >= 0.6 is 0 Å². The van der Waals surface area contributed by atoms with Gasteiger partial charge < -0.3 is 19.9 Å². The lowest BCUT2D eigenvalue weighted by Gasteiger charge is -2.34. The van der Waals surface area contributed by atoms with E-state index in [1.165, 1.54) is 10.8 Å². The van der Waals surface area contributed by atoms with E-state index in [-0.39, 0.29) is 22.9 Å². The summed E-state index contributed by atoms with van der Waals surface area (Å²) in [6.45, 7) is 2.07. The fraction of sp³-hybridized carbons (Fsp3) is 0.381. The number of aromatic hydroxyl groups is 1. The Kier molecular flexibility index (Phi) is 5.05. The second-order valence-corrected chi connectivity index (χ2v) is 7.77. The number of halogens is 2. The molecule has 1 aromatic heterocycles. The lowest BCUT2D eigenvalue weighted by atomic mass is 10.1. The molecule has 2 N–H and O–H groups in total. The number of benzene rings is 1. The standard InChI is InChI=1S/C21H21F2N3O4/c1-11-6-15(22)13(16(23)7-11)8-24-20(29)14-10-26-12-4-2-3-5-25(9-12)21(30)17(26)19(28)18(14)27/h6-7,10,12,28H,2-5,8-9H2,1H3,(H,24,29)/t12-/m0/s1. The molecule has 2 aliphatic rings. The molecule has 2 aliphatic heterocycles. The van der Waals surface area contributed by atoms with Crippen molar-refractivity contribution >= 4 is 11.8 Å². The summed E-state index contributed by atoms with van der Waals surface area (Å²) < 4.78 is 29.5. The Balaban J connectivity index is 1.67. The predicted octanol–water partition coefficient (Wildman–Crippen LogP) is 2.25. The first-order chi connectivity index (χ1) is 14.3. The van der Waals surface area contributed by atoms with Crippen molar-refractivity contribution in [3.05, 3.63) is 62.6 Å². The smallest absolute Gasteiger partial charge is 0.274 e. The highest BCUT2D eigenvalue weighted by Crippen LogP contribution is 2.31. The Labute approximate surface area is 170 Å². The van der Waals surface area contributed by atoms with Crippen LogP contribution in [0.3, 0.4) is 0 Å². The molecule has 1 atom stereocenters. The number of carbonyl (C=O) groups excluding carboxylic acids is 2. The molecule has 1 saturated heterocycles. The summed E-state index contributed by atoms with van der Waals surface area (Å²) in [6.07, 6.45) is 3.69.